The zero-order chi connectivity index (χ0) is 18.0. The zero-order valence-corrected chi connectivity index (χ0v) is 15.9. The molecule has 3 rings (SSSR count). The number of aromatic nitrogens is 3. The topological polar surface area (TPSA) is 46.0 Å². The Balaban J connectivity index is 1.84. The lowest BCUT2D eigenvalue weighted by atomic mass is 10.1. The minimum atomic E-state index is 0.698. The third-order valence-corrected chi connectivity index (χ3v) is 4.82. The number of benzene rings is 1. The summed E-state index contributed by atoms with van der Waals surface area (Å²) in [6.45, 7) is 3.55. The summed E-state index contributed by atoms with van der Waals surface area (Å²) < 4.78 is 1.74. The first-order chi connectivity index (χ1) is 12.0. The van der Waals surface area contributed by atoms with Crippen molar-refractivity contribution in [1.29, 1.82) is 0 Å². The standard InChI is InChI=1S/C19H24ClN5/c1-5-16-15(19(20)25(4)23-16)12-21-11-13-10-18(24(2)3)22-17-9-7-6-8-14(13)17/h6-10,21H,5,11-12H2,1-4H3. The van der Waals surface area contributed by atoms with Crippen molar-refractivity contribution >= 4 is 28.3 Å². The van der Waals surface area contributed by atoms with Gasteiger partial charge in [0.2, 0.25) is 0 Å². The highest BCUT2D eigenvalue weighted by Gasteiger charge is 2.13. The summed E-state index contributed by atoms with van der Waals surface area (Å²) in [4.78, 5) is 6.74. The van der Waals surface area contributed by atoms with Crippen LogP contribution in [0.1, 0.15) is 23.7 Å². The van der Waals surface area contributed by atoms with E-state index in [9.17, 15) is 0 Å². The Labute approximate surface area is 153 Å². The summed E-state index contributed by atoms with van der Waals surface area (Å²) in [6.07, 6.45) is 0.876. The number of nitrogens with zero attached hydrogens (tertiary/aromatic N) is 4. The van der Waals surface area contributed by atoms with Crippen LogP contribution in [0.5, 0.6) is 0 Å². The van der Waals surface area contributed by atoms with Gasteiger partial charge >= 0.3 is 0 Å². The minimum Gasteiger partial charge on any atom is -0.363 e. The molecule has 0 aliphatic heterocycles. The molecule has 0 bridgehead atoms. The van der Waals surface area contributed by atoms with Gasteiger partial charge in [0, 0.05) is 45.2 Å². The molecule has 3 aromatic rings. The summed E-state index contributed by atoms with van der Waals surface area (Å²) in [5.74, 6) is 0.962. The van der Waals surface area contributed by atoms with Gasteiger partial charge in [0.15, 0.2) is 0 Å². The average Bonchev–Trinajstić information content (AvgIpc) is 2.89. The van der Waals surface area contributed by atoms with Crippen molar-refractivity contribution < 1.29 is 0 Å². The molecule has 6 heteroatoms. The van der Waals surface area contributed by atoms with E-state index in [2.05, 4.69) is 41.6 Å². The smallest absolute Gasteiger partial charge is 0.131 e. The van der Waals surface area contributed by atoms with E-state index in [-0.39, 0.29) is 0 Å². The second kappa shape index (κ2) is 7.42. The van der Waals surface area contributed by atoms with Crippen molar-refractivity contribution in [3.63, 3.8) is 0 Å². The normalized spacial score (nSPS) is 11.2. The van der Waals surface area contributed by atoms with Crippen LogP contribution >= 0.6 is 11.6 Å². The molecule has 1 N–H and O–H groups in total. The van der Waals surface area contributed by atoms with E-state index in [1.807, 2.05) is 32.1 Å². The van der Waals surface area contributed by atoms with Gasteiger partial charge in [-0.25, -0.2) is 4.98 Å². The van der Waals surface area contributed by atoms with Gasteiger partial charge in [-0.05, 0) is 24.1 Å². The fraction of sp³-hybridized carbons (Fsp3) is 0.368. The maximum Gasteiger partial charge on any atom is 0.131 e. The van der Waals surface area contributed by atoms with Crippen LogP contribution in [0.4, 0.5) is 5.82 Å². The molecule has 0 atom stereocenters. The van der Waals surface area contributed by atoms with Crippen molar-refractivity contribution in [3.05, 3.63) is 52.3 Å². The lowest BCUT2D eigenvalue weighted by molar-refractivity contribution is 0.691. The molecule has 0 spiro atoms. The van der Waals surface area contributed by atoms with E-state index in [0.29, 0.717) is 11.7 Å². The van der Waals surface area contributed by atoms with Crippen LogP contribution in [0.25, 0.3) is 10.9 Å². The Morgan fingerprint density at radius 2 is 1.96 bits per heavy atom. The lowest BCUT2D eigenvalue weighted by Crippen LogP contribution is -2.16. The number of hydrogen-bond acceptors (Lipinski definition) is 4. The van der Waals surface area contributed by atoms with E-state index >= 15 is 0 Å². The minimum absolute atomic E-state index is 0.698. The Morgan fingerprint density at radius 1 is 1.20 bits per heavy atom. The molecule has 0 aliphatic rings. The summed E-state index contributed by atoms with van der Waals surface area (Å²) in [6, 6.07) is 10.4. The molecule has 0 amide bonds. The van der Waals surface area contributed by atoms with E-state index in [1.54, 1.807) is 4.68 Å². The van der Waals surface area contributed by atoms with Crippen LogP contribution in [0.2, 0.25) is 5.15 Å². The van der Waals surface area contributed by atoms with E-state index < -0.39 is 0 Å². The molecule has 25 heavy (non-hydrogen) atoms. The third kappa shape index (κ3) is 3.62. The fourth-order valence-corrected chi connectivity index (χ4v) is 3.20. The van der Waals surface area contributed by atoms with Crippen LogP contribution in [0.3, 0.4) is 0 Å². The molecule has 0 saturated carbocycles. The fourth-order valence-electron chi connectivity index (χ4n) is 2.99. The van der Waals surface area contributed by atoms with Crippen molar-refractivity contribution in [1.82, 2.24) is 20.1 Å². The van der Waals surface area contributed by atoms with Crippen LogP contribution in [-0.4, -0.2) is 28.9 Å². The lowest BCUT2D eigenvalue weighted by Gasteiger charge is -2.15. The highest BCUT2D eigenvalue weighted by molar-refractivity contribution is 6.30. The highest BCUT2D eigenvalue weighted by Crippen LogP contribution is 2.23. The average molecular weight is 358 g/mol. The number of halogens is 1. The van der Waals surface area contributed by atoms with E-state index in [4.69, 9.17) is 16.6 Å². The van der Waals surface area contributed by atoms with Gasteiger partial charge in [-0.1, -0.05) is 36.7 Å². The summed E-state index contributed by atoms with van der Waals surface area (Å²) in [7, 11) is 5.90. The summed E-state index contributed by atoms with van der Waals surface area (Å²) in [5, 5.41) is 9.87. The van der Waals surface area contributed by atoms with Crippen LogP contribution in [-0.2, 0) is 26.6 Å². The molecule has 132 valence electrons. The molecular formula is C19H24ClN5. The SMILES string of the molecule is CCc1nn(C)c(Cl)c1CNCc1cc(N(C)C)nc2ccccc12. The van der Waals surface area contributed by atoms with Crippen molar-refractivity contribution in [2.75, 3.05) is 19.0 Å². The van der Waals surface area contributed by atoms with Crippen LogP contribution < -0.4 is 10.2 Å². The quantitative estimate of drug-likeness (QED) is 0.733. The number of hydrogen-bond donors (Lipinski definition) is 1. The third-order valence-electron chi connectivity index (χ3n) is 4.35. The van der Waals surface area contributed by atoms with Gasteiger partial charge in [-0.3, -0.25) is 4.68 Å². The Kier molecular flexibility index (Phi) is 5.25. The zero-order valence-electron chi connectivity index (χ0n) is 15.2. The Hall–Kier alpha value is -2.11. The van der Waals surface area contributed by atoms with Gasteiger partial charge in [0.1, 0.15) is 11.0 Å². The number of anilines is 1. The van der Waals surface area contributed by atoms with E-state index in [0.717, 1.165) is 35.6 Å². The van der Waals surface area contributed by atoms with Crippen molar-refractivity contribution in [3.8, 4) is 0 Å². The number of nitrogens with one attached hydrogen (secondary N) is 1. The number of rotatable bonds is 6. The summed E-state index contributed by atoms with van der Waals surface area (Å²) in [5.41, 5.74) is 4.37. The molecule has 0 aliphatic carbocycles. The predicted octanol–water partition coefficient (Wildman–Crippen LogP) is 3.54. The predicted molar refractivity (Wildman–Crippen MR) is 104 cm³/mol. The van der Waals surface area contributed by atoms with E-state index in [1.165, 1.54) is 10.9 Å². The Bertz CT molecular complexity index is 885. The number of fused-ring (bicyclic) bond motifs is 1. The molecule has 0 radical (unpaired) electrons. The van der Waals surface area contributed by atoms with Gasteiger partial charge < -0.3 is 10.2 Å². The maximum absolute atomic E-state index is 6.38. The Morgan fingerprint density at radius 3 is 2.68 bits per heavy atom. The highest BCUT2D eigenvalue weighted by atomic mass is 35.5. The first-order valence-corrected chi connectivity index (χ1v) is 8.86. The molecule has 1 aromatic carbocycles. The molecule has 5 nitrogen and oxygen atoms in total. The first-order valence-electron chi connectivity index (χ1n) is 8.48. The van der Waals surface area contributed by atoms with Crippen LogP contribution in [0.15, 0.2) is 30.3 Å². The van der Waals surface area contributed by atoms with Gasteiger partial charge in [-0.2, -0.15) is 5.10 Å². The molecule has 0 saturated heterocycles. The van der Waals surface area contributed by atoms with Gasteiger partial charge in [0.05, 0.1) is 11.2 Å². The number of para-hydroxylation sites is 1. The molecule has 0 fully saturated rings. The molecule has 0 unspecified atom stereocenters. The maximum atomic E-state index is 6.38. The van der Waals surface area contributed by atoms with Gasteiger partial charge in [-0.15, -0.1) is 0 Å². The summed E-state index contributed by atoms with van der Waals surface area (Å²) >= 11 is 6.38. The first kappa shape index (κ1) is 17.7. The van der Waals surface area contributed by atoms with Crippen LogP contribution in [0, 0.1) is 0 Å². The molecule has 2 aromatic heterocycles. The molecule has 2 heterocycles. The van der Waals surface area contributed by atoms with Crippen molar-refractivity contribution in [2.45, 2.75) is 26.4 Å². The second-order valence-corrected chi connectivity index (χ2v) is 6.71. The van der Waals surface area contributed by atoms with Gasteiger partial charge in [0.25, 0.3) is 0 Å². The van der Waals surface area contributed by atoms with Crippen molar-refractivity contribution in [2.24, 2.45) is 7.05 Å². The number of pyridine rings is 1. The number of aryl methyl sites for hydroxylation is 2. The largest absolute Gasteiger partial charge is 0.363 e. The second-order valence-electron chi connectivity index (χ2n) is 6.35. The monoisotopic (exact) mass is 357 g/mol. The molecular weight excluding hydrogens is 334 g/mol.